The van der Waals surface area contributed by atoms with Crippen molar-refractivity contribution in [1.29, 1.82) is 0 Å². The molecule has 2 aliphatic rings. The molecule has 0 spiro atoms. The fraction of sp³-hybridized carbons (Fsp3) is 0.0323. The molecule has 10 aromatic rings. The van der Waals surface area contributed by atoms with Crippen molar-refractivity contribution in [2.24, 2.45) is 0 Å². The van der Waals surface area contributed by atoms with Gasteiger partial charge in [-0.25, -0.2) is 9.97 Å². The zero-order valence-electron chi connectivity index (χ0n) is 37.9. The van der Waals surface area contributed by atoms with Crippen LogP contribution in [0.15, 0.2) is 273 Å². The van der Waals surface area contributed by atoms with Crippen LogP contribution >= 0.6 is 0 Å². The van der Waals surface area contributed by atoms with E-state index in [1.165, 1.54) is 5.70 Å². The summed E-state index contributed by atoms with van der Waals surface area (Å²) in [6, 6.07) is 84.5. The number of hydrogen-bond acceptors (Lipinski definition) is 7. The number of aromatic nitrogens is 2. The molecule has 7 nitrogen and oxygen atoms in total. The Morgan fingerprint density at radius 2 is 0.681 bits per heavy atom. The SMILES string of the molecule is C1=C2C=C(CC1)N(c1ccccc1)c1cccc(c1)N(c1ccnc3ncccc13)c1cccc(c1)N(c1ccccc1)c1cccc(c1)N(c1ccccc1)c1cccc(c1)N2c1ccccc1. The van der Waals surface area contributed by atoms with E-state index < -0.39 is 0 Å². The highest BCUT2D eigenvalue weighted by molar-refractivity contribution is 5.97. The van der Waals surface area contributed by atoms with Crippen LogP contribution in [0.1, 0.15) is 12.8 Å². The smallest absolute Gasteiger partial charge is 0.161 e. The summed E-state index contributed by atoms with van der Waals surface area (Å²) in [5.41, 5.74) is 16.4. The maximum atomic E-state index is 4.72. The van der Waals surface area contributed by atoms with Gasteiger partial charge in [-0.1, -0.05) is 103 Å². The minimum Gasteiger partial charge on any atom is -0.314 e. The lowest BCUT2D eigenvalue weighted by molar-refractivity contribution is 0.896. The first-order valence-corrected chi connectivity index (χ1v) is 23.5. The fourth-order valence-corrected chi connectivity index (χ4v) is 9.81. The molecular weight excluding hydrogens is 843 g/mol. The van der Waals surface area contributed by atoms with Gasteiger partial charge in [0.2, 0.25) is 0 Å². The minimum atomic E-state index is 0.685. The Labute approximate surface area is 403 Å². The molecule has 0 fully saturated rings. The highest BCUT2D eigenvalue weighted by atomic mass is 15.2. The Balaban J connectivity index is 1.15. The maximum Gasteiger partial charge on any atom is 0.161 e. The van der Waals surface area contributed by atoms with E-state index in [2.05, 4.69) is 267 Å². The van der Waals surface area contributed by atoms with Crippen LogP contribution in [-0.4, -0.2) is 9.97 Å². The van der Waals surface area contributed by atoms with Gasteiger partial charge in [-0.2, -0.15) is 0 Å². The second kappa shape index (κ2) is 18.2. The standard InChI is InChI=1S/C62H47N7/c1-5-19-46(20-6-1)65-50-27-13-28-51(41-50)66(47-21-7-2-8-22-47)53-30-15-32-55(43-53)68(49-25-11-4-12-26-49)57-34-17-36-59(45-57)69(61-38-40-64-62-60(61)37-18-39-63-62)58-35-16-33-56(44-58)67(48-23-9-3-10-24-48)54-31-14-29-52(65)42-54/h1-14,16-31,33-45H,15,32H2. The summed E-state index contributed by atoms with van der Waals surface area (Å²) in [6.45, 7) is 0. The summed E-state index contributed by atoms with van der Waals surface area (Å²) in [6.07, 6.45) is 10.1. The lowest BCUT2D eigenvalue weighted by Crippen LogP contribution is -2.23. The van der Waals surface area contributed by atoms with Gasteiger partial charge in [0.25, 0.3) is 0 Å². The molecule has 330 valence electrons. The van der Waals surface area contributed by atoms with Crippen LogP contribution < -0.4 is 24.5 Å². The molecule has 69 heavy (non-hydrogen) atoms. The van der Waals surface area contributed by atoms with E-state index in [9.17, 15) is 0 Å². The molecule has 2 aromatic heterocycles. The molecule has 0 unspecified atom stereocenters. The Morgan fingerprint density at radius 1 is 0.304 bits per heavy atom. The number of nitrogens with zero attached hydrogens (tertiary/aromatic N) is 7. The number of fused-ring (bicyclic) bond motifs is 10. The summed E-state index contributed by atoms with van der Waals surface area (Å²) < 4.78 is 0. The van der Waals surface area contributed by atoms with Gasteiger partial charge in [-0.3, -0.25) is 0 Å². The van der Waals surface area contributed by atoms with E-state index in [0.29, 0.717) is 5.65 Å². The van der Waals surface area contributed by atoms with Gasteiger partial charge in [-0.15, -0.1) is 0 Å². The van der Waals surface area contributed by atoms with E-state index in [-0.39, 0.29) is 0 Å². The van der Waals surface area contributed by atoms with Crippen molar-refractivity contribution in [3.05, 3.63) is 273 Å². The van der Waals surface area contributed by atoms with Gasteiger partial charge in [-0.05, 0) is 158 Å². The Bertz CT molecular complexity index is 3480. The Morgan fingerprint density at radius 3 is 1.16 bits per heavy atom. The van der Waals surface area contributed by atoms with Crippen LogP contribution in [0.3, 0.4) is 0 Å². The van der Waals surface area contributed by atoms with E-state index in [0.717, 1.165) is 97.9 Å². The van der Waals surface area contributed by atoms with Crippen molar-refractivity contribution >= 4 is 85.0 Å². The molecule has 1 aliphatic heterocycles. The molecule has 0 saturated carbocycles. The summed E-state index contributed by atoms with van der Waals surface area (Å²) in [5, 5.41) is 0.952. The predicted molar refractivity (Wildman–Crippen MR) is 286 cm³/mol. The van der Waals surface area contributed by atoms with E-state index in [4.69, 9.17) is 9.97 Å². The average molecular weight is 890 g/mol. The average Bonchev–Trinajstić information content (AvgIpc) is 3.41. The second-order valence-corrected chi connectivity index (χ2v) is 17.1. The van der Waals surface area contributed by atoms with E-state index in [1.807, 2.05) is 18.5 Å². The van der Waals surface area contributed by atoms with E-state index >= 15 is 0 Å². The molecular formula is C62H47N7. The first kappa shape index (κ1) is 41.2. The number of para-hydroxylation sites is 4. The van der Waals surface area contributed by atoms with Crippen molar-refractivity contribution in [3.63, 3.8) is 0 Å². The van der Waals surface area contributed by atoms with Crippen LogP contribution in [-0.2, 0) is 0 Å². The lowest BCUT2D eigenvalue weighted by atomic mass is 10.0. The summed E-state index contributed by atoms with van der Waals surface area (Å²) in [7, 11) is 0. The summed E-state index contributed by atoms with van der Waals surface area (Å²) >= 11 is 0. The minimum absolute atomic E-state index is 0.685. The largest absolute Gasteiger partial charge is 0.314 e. The van der Waals surface area contributed by atoms with Crippen molar-refractivity contribution in [3.8, 4) is 0 Å². The first-order valence-electron chi connectivity index (χ1n) is 23.5. The summed E-state index contributed by atoms with van der Waals surface area (Å²) in [5.74, 6) is 0. The monoisotopic (exact) mass is 889 g/mol. The number of hydrogen-bond donors (Lipinski definition) is 0. The maximum absolute atomic E-state index is 4.72. The molecule has 1 aliphatic carbocycles. The number of anilines is 13. The molecule has 0 atom stereocenters. The second-order valence-electron chi connectivity index (χ2n) is 17.1. The number of pyridine rings is 2. The van der Waals surface area contributed by atoms with Gasteiger partial charge in [0.15, 0.2) is 5.65 Å². The molecule has 8 aromatic carbocycles. The van der Waals surface area contributed by atoms with Crippen molar-refractivity contribution in [2.45, 2.75) is 12.8 Å². The third-order valence-electron chi connectivity index (χ3n) is 12.8. The van der Waals surface area contributed by atoms with Crippen LogP contribution in [0, 0.1) is 0 Å². The number of benzene rings is 8. The molecule has 0 saturated heterocycles. The van der Waals surface area contributed by atoms with Gasteiger partial charge < -0.3 is 24.5 Å². The Hall–Kier alpha value is -9.20. The van der Waals surface area contributed by atoms with Crippen molar-refractivity contribution in [1.82, 2.24) is 9.97 Å². The van der Waals surface area contributed by atoms with Crippen LogP contribution in [0.2, 0.25) is 0 Å². The topological polar surface area (TPSA) is 42.0 Å². The molecule has 3 heterocycles. The third kappa shape index (κ3) is 8.02. The lowest BCUT2D eigenvalue weighted by Gasteiger charge is -2.35. The number of rotatable bonds is 5. The van der Waals surface area contributed by atoms with Crippen LogP contribution in [0.5, 0.6) is 0 Å². The van der Waals surface area contributed by atoms with Gasteiger partial charge in [0.05, 0.1) is 5.69 Å². The zero-order valence-corrected chi connectivity index (χ0v) is 37.9. The molecule has 10 bridgehead atoms. The molecule has 0 radical (unpaired) electrons. The molecule has 0 N–H and O–H groups in total. The highest BCUT2D eigenvalue weighted by Crippen LogP contribution is 2.47. The van der Waals surface area contributed by atoms with Gasteiger partial charge >= 0.3 is 0 Å². The Kier molecular flexibility index (Phi) is 10.9. The summed E-state index contributed by atoms with van der Waals surface area (Å²) in [4.78, 5) is 21.3. The quantitative estimate of drug-likeness (QED) is 0.170. The zero-order chi connectivity index (χ0) is 45.9. The van der Waals surface area contributed by atoms with Crippen LogP contribution in [0.25, 0.3) is 11.0 Å². The molecule has 12 rings (SSSR count). The normalized spacial score (nSPS) is 13.7. The van der Waals surface area contributed by atoms with Crippen molar-refractivity contribution in [2.75, 3.05) is 24.5 Å². The number of allylic oxidation sites excluding steroid dienone is 3. The fourth-order valence-electron chi connectivity index (χ4n) is 9.81. The van der Waals surface area contributed by atoms with Crippen LogP contribution in [0.4, 0.5) is 73.9 Å². The van der Waals surface area contributed by atoms with Gasteiger partial charge in [0, 0.05) is 97.4 Å². The molecule has 7 heteroatoms. The first-order chi connectivity index (χ1) is 34.2. The van der Waals surface area contributed by atoms with Crippen molar-refractivity contribution < 1.29 is 0 Å². The molecule has 0 amide bonds. The van der Waals surface area contributed by atoms with Gasteiger partial charge in [0.1, 0.15) is 0 Å². The van der Waals surface area contributed by atoms with E-state index in [1.54, 1.807) is 0 Å². The highest BCUT2D eigenvalue weighted by Gasteiger charge is 2.26. The third-order valence-corrected chi connectivity index (χ3v) is 12.8. The predicted octanol–water partition coefficient (Wildman–Crippen LogP) is 16.9.